The predicted molar refractivity (Wildman–Crippen MR) is 52.4 cm³/mol. The second-order valence-electron chi connectivity index (χ2n) is 3.07. The number of carboxylic acids is 1. The van der Waals surface area contributed by atoms with E-state index in [-0.39, 0.29) is 10.6 Å². The zero-order valence-corrected chi connectivity index (χ0v) is 8.55. The van der Waals surface area contributed by atoms with Crippen LogP contribution in [0.4, 0.5) is 4.39 Å². The van der Waals surface area contributed by atoms with Crippen molar-refractivity contribution in [2.24, 2.45) is 5.73 Å². The molecule has 82 valence electrons. The standard InChI is InChI=1S/C9H9ClFNO3/c1-3-2-4(11)8(13)5(6(3)10)7(12)9(14)15/h2,7,13H,12H2,1H3,(H,14,15). The minimum absolute atomic E-state index is 0.0381. The lowest BCUT2D eigenvalue weighted by Crippen LogP contribution is -2.21. The number of halogens is 2. The van der Waals surface area contributed by atoms with Crippen molar-refractivity contribution in [1.29, 1.82) is 0 Å². The SMILES string of the molecule is Cc1cc(F)c(O)c(C(N)C(=O)O)c1Cl. The van der Waals surface area contributed by atoms with E-state index in [1.807, 2.05) is 0 Å². The molecule has 0 aliphatic rings. The second-order valence-corrected chi connectivity index (χ2v) is 3.45. The average molecular weight is 234 g/mol. The van der Waals surface area contributed by atoms with Gasteiger partial charge in [0, 0.05) is 5.56 Å². The van der Waals surface area contributed by atoms with Gasteiger partial charge in [0.1, 0.15) is 6.04 Å². The monoisotopic (exact) mass is 233 g/mol. The Labute approximate surface area is 90.1 Å². The van der Waals surface area contributed by atoms with Gasteiger partial charge >= 0.3 is 5.97 Å². The number of carbonyl (C=O) groups is 1. The van der Waals surface area contributed by atoms with Crippen LogP contribution in [0.2, 0.25) is 5.02 Å². The maximum absolute atomic E-state index is 13.1. The van der Waals surface area contributed by atoms with E-state index in [0.29, 0.717) is 5.56 Å². The molecule has 0 fully saturated rings. The molecule has 0 bridgehead atoms. The number of carboxylic acid groups (broad SMARTS) is 1. The highest BCUT2D eigenvalue weighted by Crippen LogP contribution is 2.35. The van der Waals surface area contributed by atoms with Gasteiger partial charge in [-0.25, -0.2) is 4.39 Å². The molecule has 0 spiro atoms. The number of phenols is 1. The Balaban J connectivity index is 3.45. The van der Waals surface area contributed by atoms with Crippen molar-refractivity contribution in [2.75, 3.05) is 0 Å². The minimum Gasteiger partial charge on any atom is -0.505 e. The molecule has 4 nitrogen and oxygen atoms in total. The topological polar surface area (TPSA) is 83.5 Å². The van der Waals surface area contributed by atoms with Crippen LogP contribution in [0.1, 0.15) is 17.2 Å². The molecular weight excluding hydrogens is 225 g/mol. The highest BCUT2D eigenvalue weighted by Gasteiger charge is 2.24. The Hall–Kier alpha value is -1.33. The summed E-state index contributed by atoms with van der Waals surface area (Å²) in [7, 11) is 0. The molecule has 6 heteroatoms. The third kappa shape index (κ3) is 2.03. The van der Waals surface area contributed by atoms with Crippen molar-refractivity contribution < 1.29 is 19.4 Å². The van der Waals surface area contributed by atoms with E-state index >= 15 is 0 Å². The molecular formula is C9H9ClFNO3. The summed E-state index contributed by atoms with van der Waals surface area (Å²) in [4.78, 5) is 10.6. The van der Waals surface area contributed by atoms with Crippen LogP contribution >= 0.6 is 11.6 Å². The summed E-state index contributed by atoms with van der Waals surface area (Å²) >= 11 is 5.74. The molecule has 0 saturated carbocycles. The first-order chi connectivity index (χ1) is 6.86. The summed E-state index contributed by atoms with van der Waals surface area (Å²) in [6.07, 6.45) is 0. The van der Waals surface area contributed by atoms with E-state index in [4.69, 9.17) is 22.4 Å². The van der Waals surface area contributed by atoms with Gasteiger partial charge in [-0.05, 0) is 18.6 Å². The number of rotatable bonds is 2. The van der Waals surface area contributed by atoms with Crippen molar-refractivity contribution in [2.45, 2.75) is 13.0 Å². The van der Waals surface area contributed by atoms with Crippen molar-refractivity contribution >= 4 is 17.6 Å². The molecule has 0 radical (unpaired) electrons. The molecule has 1 atom stereocenters. The van der Waals surface area contributed by atoms with Crippen LogP contribution in [0, 0.1) is 12.7 Å². The lowest BCUT2D eigenvalue weighted by atomic mass is 10.0. The van der Waals surface area contributed by atoms with E-state index in [1.54, 1.807) is 0 Å². The third-order valence-electron chi connectivity index (χ3n) is 1.98. The maximum atomic E-state index is 13.1. The van der Waals surface area contributed by atoms with E-state index in [9.17, 15) is 14.3 Å². The highest BCUT2D eigenvalue weighted by molar-refractivity contribution is 6.32. The number of nitrogens with two attached hydrogens (primary N) is 1. The van der Waals surface area contributed by atoms with Gasteiger partial charge in [0.05, 0.1) is 5.02 Å². The molecule has 0 heterocycles. The highest BCUT2D eigenvalue weighted by atomic mass is 35.5. The average Bonchev–Trinajstić information content (AvgIpc) is 2.15. The fourth-order valence-corrected chi connectivity index (χ4v) is 1.44. The molecule has 1 aromatic carbocycles. The molecule has 1 aromatic rings. The van der Waals surface area contributed by atoms with Crippen molar-refractivity contribution in [1.82, 2.24) is 0 Å². The lowest BCUT2D eigenvalue weighted by molar-refractivity contribution is -0.138. The molecule has 0 amide bonds. The summed E-state index contributed by atoms with van der Waals surface area (Å²) in [5, 5.41) is 17.9. The van der Waals surface area contributed by atoms with Gasteiger partial charge in [-0.15, -0.1) is 0 Å². The second kappa shape index (κ2) is 4.04. The summed E-state index contributed by atoms with van der Waals surface area (Å²) in [6, 6.07) is -0.540. The number of aromatic hydroxyl groups is 1. The van der Waals surface area contributed by atoms with E-state index in [2.05, 4.69) is 0 Å². The summed E-state index contributed by atoms with van der Waals surface area (Å²) < 4.78 is 13.1. The number of hydrogen-bond donors (Lipinski definition) is 3. The Morgan fingerprint density at radius 2 is 2.20 bits per heavy atom. The number of hydrogen-bond acceptors (Lipinski definition) is 3. The predicted octanol–water partition coefficient (Wildman–Crippen LogP) is 1.58. The first-order valence-corrected chi connectivity index (χ1v) is 4.40. The fourth-order valence-electron chi connectivity index (χ4n) is 1.17. The zero-order chi connectivity index (χ0) is 11.7. The van der Waals surface area contributed by atoms with Gasteiger partial charge in [-0.1, -0.05) is 11.6 Å². The summed E-state index contributed by atoms with van der Waals surface area (Å²) in [5.41, 5.74) is 5.28. The smallest absolute Gasteiger partial charge is 0.325 e. The third-order valence-corrected chi connectivity index (χ3v) is 2.49. The van der Waals surface area contributed by atoms with Crippen LogP contribution in [-0.4, -0.2) is 16.2 Å². The molecule has 0 saturated heterocycles. The van der Waals surface area contributed by atoms with E-state index in [1.165, 1.54) is 6.92 Å². The Bertz CT molecular complexity index is 396. The van der Waals surface area contributed by atoms with Gasteiger partial charge in [0.25, 0.3) is 0 Å². The number of aliphatic carboxylic acids is 1. The van der Waals surface area contributed by atoms with Gasteiger partial charge in [-0.3, -0.25) is 4.79 Å². The van der Waals surface area contributed by atoms with Crippen molar-refractivity contribution in [3.8, 4) is 5.75 Å². The first-order valence-electron chi connectivity index (χ1n) is 4.02. The van der Waals surface area contributed by atoms with Crippen LogP contribution < -0.4 is 5.73 Å². The summed E-state index contributed by atoms with van der Waals surface area (Å²) in [6.45, 7) is 1.49. The largest absolute Gasteiger partial charge is 0.505 e. The number of benzene rings is 1. The Kier molecular flexibility index (Phi) is 3.16. The van der Waals surface area contributed by atoms with Crippen molar-refractivity contribution in [3.05, 3.63) is 28.0 Å². The molecule has 0 aliphatic carbocycles. The maximum Gasteiger partial charge on any atom is 0.325 e. The van der Waals surface area contributed by atoms with E-state index in [0.717, 1.165) is 6.07 Å². The summed E-state index contributed by atoms with van der Waals surface area (Å²) in [5.74, 6) is -3.15. The molecule has 0 aromatic heterocycles. The van der Waals surface area contributed by atoms with Gasteiger partial charge in [-0.2, -0.15) is 0 Å². The van der Waals surface area contributed by atoms with Crippen molar-refractivity contribution in [3.63, 3.8) is 0 Å². The number of aryl methyl sites for hydroxylation is 1. The molecule has 15 heavy (non-hydrogen) atoms. The lowest BCUT2D eigenvalue weighted by Gasteiger charge is -2.13. The molecule has 1 rings (SSSR count). The Morgan fingerprint density at radius 3 is 2.67 bits per heavy atom. The van der Waals surface area contributed by atoms with Crippen LogP contribution in [0.5, 0.6) is 5.75 Å². The molecule has 4 N–H and O–H groups in total. The van der Waals surface area contributed by atoms with Gasteiger partial charge < -0.3 is 15.9 Å². The normalized spacial score (nSPS) is 12.5. The zero-order valence-electron chi connectivity index (χ0n) is 7.79. The van der Waals surface area contributed by atoms with E-state index < -0.39 is 23.6 Å². The van der Waals surface area contributed by atoms with Crippen LogP contribution in [0.3, 0.4) is 0 Å². The molecule has 0 aliphatic heterocycles. The molecule has 1 unspecified atom stereocenters. The minimum atomic E-state index is -1.55. The first kappa shape index (κ1) is 11.7. The van der Waals surface area contributed by atoms with Gasteiger partial charge in [0.2, 0.25) is 0 Å². The Morgan fingerprint density at radius 1 is 1.67 bits per heavy atom. The van der Waals surface area contributed by atoms with Crippen LogP contribution in [0.15, 0.2) is 6.07 Å². The van der Waals surface area contributed by atoms with Gasteiger partial charge in [0.15, 0.2) is 11.6 Å². The number of phenolic OH excluding ortho intramolecular Hbond substituents is 1. The van der Waals surface area contributed by atoms with Crippen LogP contribution in [-0.2, 0) is 4.79 Å². The fraction of sp³-hybridized carbons (Fsp3) is 0.222. The van der Waals surface area contributed by atoms with Crippen LogP contribution in [0.25, 0.3) is 0 Å². The quantitative estimate of drug-likeness (QED) is 0.724.